The summed E-state index contributed by atoms with van der Waals surface area (Å²) < 4.78 is 46.2. The molecule has 2 atom stereocenters. The van der Waals surface area contributed by atoms with Gasteiger partial charge in [0.25, 0.3) is 0 Å². The van der Waals surface area contributed by atoms with Crippen LogP contribution in [0.4, 0.5) is 4.39 Å². The first-order valence-electron chi connectivity index (χ1n) is 6.92. The molecule has 118 valence electrons. The number of hydrogen-bond acceptors (Lipinski definition) is 4. The maximum absolute atomic E-state index is 14.2. The predicted molar refractivity (Wildman–Crippen MR) is 77.9 cm³/mol. The lowest BCUT2D eigenvalue weighted by molar-refractivity contribution is -0.0171. The molecule has 1 aliphatic rings. The molecule has 1 saturated heterocycles. The highest BCUT2D eigenvalue weighted by atomic mass is 32.2. The van der Waals surface area contributed by atoms with Gasteiger partial charge in [0.05, 0.1) is 12.7 Å². The summed E-state index contributed by atoms with van der Waals surface area (Å²) in [6, 6.07) is 3.92. The van der Waals surface area contributed by atoms with Gasteiger partial charge in [0.15, 0.2) is 0 Å². The average Bonchev–Trinajstić information content (AvgIpc) is 2.41. The Balaban J connectivity index is 2.34. The van der Waals surface area contributed by atoms with Crippen molar-refractivity contribution < 1.29 is 17.5 Å². The molecular weight excluding hydrogens is 295 g/mol. The van der Waals surface area contributed by atoms with Crippen LogP contribution < -0.4 is 5.32 Å². The first-order chi connectivity index (χ1) is 9.86. The van der Waals surface area contributed by atoms with Crippen molar-refractivity contribution in [2.75, 3.05) is 20.2 Å². The number of hydrogen-bond donors (Lipinski definition) is 1. The van der Waals surface area contributed by atoms with E-state index >= 15 is 0 Å². The minimum Gasteiger partial charge on any atom is -0.375 e. The first kappa shape index (κ1) is 16.4. The van der Waals surface area contributed by atoms with Gasteiger partial charge in [0.2, 0.25) is 10.0 Å². The highest BCUT2D eigenvalue weighted by Crippen LogP contribution is 2.25. The van der Waals surface area contributed by atoms with Crippen LogP contribution in [-0.2, 0) is 21.3 Å². The molecule has 1 aromatic carbocycles. The Morgan fingerprint density at radius 2 is 2.14 bits per heavy atom. The van der Waals surface area contributed by atoms with Crippen LogP contribution in [0.25, 0.3) is 0 Å². The highest BCUT2D eigenvalue weighted by Gasteiger charge is 2.35. The monoisotopic (exact) mass is 316 g/mol. The molecule has 1 aliphatic heterocycles. The smallest absolute Gasteiger partial charge is 0.246 e. The minimum absolute atomic E-state index is 0.192. The zero-order valence-corrected chi connectivity index (χ0v) is 13.3. The molecule has 0 amide bonds. The molecule has 1 fully saturated rings. The third kappa shape index (κ3) is 3.42. The maximum atomic E-state index is 14.2. The first-order valence-corrected chi connectivity index (χ1v) is 8.36. The van der Waals surface area contributed by atoms with Gasteiger partial charge in [-0.15, -0.1) is 0 Å². The number of nitrogens with zero attached hydrogens (tertiary/aromatic N) is 1. The fourth-order valence-electron chi connectivity index (χ4n) is 2.40. The van der Waals surface area contributed by atoms with E-state index in [4.69, 9.17) is 4.74 Å². The van der Waals surface area contributed by atoms with Crippen molar-refractivity contribution in [2.24, 2.45) is 0 Å². The fraction of sp³-hybridized carbons (Fsp3) is 0.571. The third-order valence-corrected chi connectivity index (χ3v) is 5.53. The molecule has 1 N–H and O–H groups in total. The van der Waals surface area contributed by atoms with E-state index in [1.165, 1.54) is 16.4 Å². The lowest BCUT2D eigenvalue weighted by atomic mass is 10.2. The van der Waals surface area contributed by atoms with Crippen molar-refractivity contribution in [1.29, 1.82) is 0 Å². The summed E-state index contributed by atoms with van der Waals surface area (Å²) in [5.74, 6) is -0.714. The van der Waals surface area contributed by atoms with E-state index in [0.29, 0.717) is 18.7 Å². The van der Waals surface area contributed by atoms with Crippen molar-refractivity contribution >= 4 is 10.0 Å². The molecular formula is C14H21FN2O3S. The topological polar surface area (TPSA) is 58.6 Å². The summed E-state index contributed by atoms with van der Waals surface area (Å²) in [6.07, 6.45) is -0.192. The van der Waals surface area contributed by atoms with Crippen LogP contribution in [0.3, 0.4) is 0 Å². The van der Waals surface area contributed by atoms with E-state index in [9.17, 15) is 12.8 Å². The second kappa shape index (κ2) is 6.39. The SMILES string of the molecule is CNCc1ccc(S(=O)(=O)N2CC(C)OCC2C)c(F)c1. The highest BCUT2D eigenvalue weighted by molar-refractivity contribution is 7.89. The lowest BCUT2D eigenvalue weighted by Gasteiger charge is -2.35. The Labute approximate surface area is 125 Å². The largest absolute Gasteiger partial charge is 0.375 e. The summed E-state index contributed by atoms with van der Waals surface area (Å²) in [5, 5.41) is 2.90. The van der Waals surface area contributed by atoms with E-state index in [2.05, 4.69) is 5.32 Å². The number of halogens is 1. The van der Waals surface area contributed by atoms with Crippen LogP contribution in [0.2, 0.25) is 0 Å². The molecule has 0 spiro atoms. The standard InChI is InChI=1S/C14H21FN2O3S/c1-10-9-20-11(2)8-17(10)21(18,19)14-5-4-12(7-16-3)6-13(14)15/h4-6,10-11,16H,7-9H2,1-3H3. The lowest BCUT2D eigenvalue weighted by Crippen LogP contribution is -2.50. The zero-order valence-electron chi connectivity index (χ0n) is 12.5. The molecule has 1 aromatic rings. The molecule has 0 radical (unpaired) electrons. The van der Waals surface area contributed by atoms with Crippen molar-refractivity contribution in [3.05, 3.63) is 29.6 Å². The second-order valence-electron chi connectivity index (χ2n) is 5.36. The van der Waals surface area contributed by atoms with Gasteiger partial charge in [0, 0.05) is 19.1 Å². The number of benzene rings is 1. The Bertz CT molecular complexity index is 606. The number of morpholine rings is 1. The van der Waals surface area contributed by atoms with Gasteiger partial charge in [-0.1, -0.05) is 6.07 Å². The van der Waals surface area contributed by atoms with Crippen LogP contribution in [-0.4, -0.2) is 45.1 Å². The Hall–Kier alpha value is -1.02. The molecule has 1 heterocycles. The Kier molecular flexibility index (Phi) is 4.98. The van der Waals surface area contributed by atoms with E-state index in [-0.39, 0.29) is 23.6 Å². The van der Waals surface area contributed by atoms with E-state index in [0.717, 1.165) is 0 Å². The van der Waals surface area contributed by atoms with Crippen LogP contribution >= 0.6 is 0 Å². The summed E-state index contributed by atoms with van der Waals surface area (Å²) in [4.78, 5) is -0.275. The normalized spacial score (nSPS) is 24.2. The third-order valence-electron chi connectivity index (χ3n) is 3.51. The zero-order chi connectivity index (χ0) is 15.6. The average molecular weight is 316 g/mol. The molecule has 0 aliphatic carbocycles. The summed E-state index contributed by atoms with van der Waals surface area (Å²) in [5.41, 5.74) is 0.706. The molecule has 0 aromatic heterocycles. The van der Waals surface area contributed by atoms with Crippen molar-refractivity contribution in [1.82, 2.24) is 9.62 Å². The minimum atomic E-state index is -3.85. The molecule has 21 heavy (non-hydrogen) atoms. The van der Waals surface area contributed by atoms with Crippen LogP contribution in [0.5, 0.6) is 0 Å². The van der Waals surface area contributed by atoms with Gasteiger partial charge in [-0.2, -0.15) is 4.31 Å². The number of rotatable bonds is 4. The summed E-state index contributed by atoms with van der Waals surface area (Å²) in [7, 11) is -2.10. The van der Waals surface area contributed by atoms with Gasteiger partial charge in [-0.3, -0.25) is 0 Å². The van der Waals surface area contributed by atoms with Crippen molar-refractivity contribution in [2.45, 2.75) is 37.4 Å². The van der Waals surface area contributed by atoms with Crippen molar-refractivity contribution in [3.8, 4) is 0 Å². The van der Waals surface area contributed by atoms with Crippen LogP contribution in [0, 0.1) is 5.82 Å². The van der Waals surface area contributed by atoms with Gasteiger partial charge >= 0.3 is 0 Å². The maximum Gasteiger partial charge on any atom is 0.246 e. The Morgan fingerprint density at radius 1 is 1.43 bits per heavy atom. The van der Waals surface area contributed by atoms with E-state index < -0.39 is 15.8 Å². The molecule has 0 bridgehead atoms. The van der Waals surface area contributed by atoms with Gasteiger partial charge in [0.1, 0.15) is 10.7 Å². The summed E-state index contributed by atoms with van der Waals surface area (Å²) in [6.45, 7) is 4.61. The fourth-order valence-corrected chi connectivity index (χ4v) is 4.14. The second-order valence-corrected chi connectivity index (χ2v) is 7.22. The van der Waals surface area contributed by atoms with Gasteiger partial charge < -0.3 is 10.1 Å². The number of nitrogens with one attached hydrogen (secondary N) is 1. The molecule has 7 heteroatoms. The van der Waals surface area contributed by atoms with Crippen LogP contribution in [0.1, 0.15) is 19.4 Å². The number of ether oxygens (including phenoxy) is 1. The molecule has 0 saturated carbocycles. The molecule has 2 unspecified atom stereocenters. The Morgan fingerprint density at radius 3 is 2.76 bits per heavy atom. The van der Waals surface area contributed by atoms with Crippen LogP contribution in [0.15, 0.2) is 23.1 Å². The van der Waals surface area contributed by atoms with E-state index in [1.54, 1.807) is 27.0 Å². The number of sulfonamides is 1. The van der Waals surface area contributed by atoms with Gasteiger partial charge in [-0.05, 0) is 38.6 Å². The van der Waals surface area contributed by atoms with Crippen molar-refractivity contribution in [3.63, 3.8) is 0 Å². The molecule has 5 nitrogen and oxygen atoms in total. The molecule has 2 rings (SSSR count). The van der Waals surface area contributed by atoms with Gasteiger partial charge in [-0.25, -0.2) is 12.8 Å². The quantitative estimate of drug-likeness (QED) is 0.911. The predicted octanol–water partition coefficient (Wildman–Crippen LogP) is 1.34. The summed E-state index contributed by atoms with van der Waals surface area (Å²) >= 11 is 0. The van der Waals surface area contributed by atoms with E-state index in [1.807, 2.05) is 0 Å².